The molecule has 0 saturated heterocycles. The molecule has 0 aliphatic carbocycles. The van der Waals surface area contributed by atoms with Gasteiger partial charge in [-0.15, -0.1) is 0 Å². The van der Waals surface area contributed by atoms with Crippen LogP contribution in [0.5, 0.6) is 17.2 Å². The number of aromatic hydroxyl groups is 3. The second kappa shape index (κ2) is 6.65. The average molecular weight is 352 g/mol. The van der Waals surface area contributed by atoms with Crippen molar-refractivity contribution in [1.29, 1.82) is 0 Å². The summed E-state index contributed by atoms with van der Waals surface area (Å²) in [5, 5.41) is 28.1. The fraction of sp³-hybridized carbons (Fsp3) is 0.188. The Bertz CT molecular complexity index is 808. The van der Waals surface area contributed by atoms with Crippen LogP contribution in [0.1, 0.15) is 35.2 Å². The van der Waals surface area contributed by atoms with Crippen LogP contribution in [0.25, 0.3) is 0 Å². The van der Waals surface area contributed by atoms with Gasteiger partial charge in [-0.3, -0.25) is 9.36 Å². The second-order valence-electron chi connectivity index (χ2n) is 5.32. The predicted octanol–water partition coefficient (Wildman–Crippen LogP) is 1.98. The van der Waals surface area contributed by atoms with Crippen LogP contribution in [-0.4, -0.2) is 30.9 Å². The number of benzene rings is 2. The van der Waals surface area contributed by atoms with Crippen LogP contribution in [0, 0.1) is 0 Å². The molecule has 2 aromatic carbocycles. The maximum Gasteiger partial charge on any atom is 0.357 e. The van der Waals surface area contributed by atoms with Crippen molar-refractivity contribution in [3.63, 3.8) is 0 Å². The van der Waals surface area contributed by atoms with E-state index in [1.54, 1.807) is 6.92 Å². The molecule has 2 aromatic rings. The SMILES string of the molecule is CCC(C(=O)c1c(O)cc(O)cc1P(=O)(O)O)c1ccc(O)cc1. The minimum Gasteiger partial charge on any atom is -0.508 e. The molecule has 5 N–H and O–H groups in total. The molecule has 0 spiro atoms. The van der Waals surface area contributed by atoms with Gasteiger partial charge in [0.1, 0.15) is 17.2 Å². The van der Waals surface area contributed by atoms with Crippen LogP contribution in [0.3, 0.4) is 0 Å². The molecule has 24 heavy (non-hydrogen) atoms. The number of phenols is 3. The Hall–Kier alpha value is -2.34. The zero-order valence-electron chi connectivity index (χ0n) is 12.7. The summed E-state index contributed by atoms with van der Waals surface area (Å²) in [4.78, 5) is 31.7. The van der Waals surface area contributed by atoms with E-state index in [2.05, 4.69) is 0 Å². The van der Waals surface area contributed by atoms with Gasteiger partial charge < -0.3 is 25.1 Å². The van der Waals surface area contributed by atoms with Gasteiger partial charge in [0, 0.05) is 12.0 Å². The number of phenolic OH excluding ortho intramolecular Hbond substituents is 3. The minimum absolute atomic E-state index is 0.0180. The van der Waals surface area contributed by atoms with Crippen LogP contribution in [0.15, 0.2) is 36.4 Å². The van der Waals surface area contributed by atoms with Crippen molar-refractivity contribution in [2.45, 2.75) is 19.3 Å². The lowest BCUT2D eigenvalue weighted by Gasteiger charge is -2.18. The molecule has 0 heterocycles. The van der Waals surface area contributed by atoms with Gasteiger partial charge in [-0.25, -0.2) is 0 Å². The van der Waals surface area contributed by atoms with Crippen LogP contribution in [0.2, 0.25) is 0 Å². The molecule has 7 nitrogen and oxygen atoms in total. The Morgan fingerprint density at radius 1 is 1.04 bits per heavy atom. The molecule has 0 aliphatic heterocycles. The van der Waals surface area contributed by atoms with Crippen LogP contribution >= 0.6 is 7.60 Å². The van der Waals surface area contributed by atoms with Crippen molar-refractivity contribution in [3.8, 4) is 17.2 Å². The Labute approximate surface area is 138 Å². The fourth-order valence-corrected chi connectivity index (χ4v) is 3.35. The van der Waals surface area contributed by atoms with Crippen molar-refractivity contribution in [2.24, 2.45) is 0 Å². The van der Waals surface area contributed by atoms with Crippen molar-refractivity contribution in [3.05, 3.63) is 47.5 Å². The van der Waals surface area contributed by atoms with Gasteiger partial charge in [0.15, 0.2) is 5.78 Å². The monoisotopic (exact) mass is 352 g/mol. The second-order valence-corrected chi connectivity index (χ2v) is 6.89. The molecule has 0 bridgehead atoms. The summed E-state index contributed by atoms with van der Waals surface area (Å²) >= 11 is 0. The van der Waals surface area contributed by atoms with E-state index in [9.17, 15) is 34.5 Å². The highest BCUT2D eigenvalue weighted by molar-refractivity contribution is 7.60. The fourth-order valence-electron chi connectivity index (χ4n) is 2.53. The van der Waals surface area contributed by atoms with Gasteiger partial charge in [-0.2, -0.15) is 0 Å². The number of Topliss-reactive ketones (excluding diaryl/α,β-unsaturated/α-hetero) is 1. The normalized spacial score (nSPS) is 12.8. The topological polar surface area (TPSA) is 135 Å². The molecule has 128 valence electrons. The van der Waals surface area contributed by atoms with Gasteiger partial charge in [0.25, 0.3) is 0 Å². The van der Waals surface area contributed by atoms with E-state index < -0.39 is 41.7 Å². The van der Waals surface area contributed by atoms with Crippen LogP contribution < -0.4 is 5.30 Å². The molecule has 1 atom stereocenters. The minimum atomic E-state index is -4.89. The summed E-state index contributed by atoms with van der Waals surface area (Å²) in [5.74, 6) is -2.69. The molecule has 0 saturated carbocycles. The first kappa shape index (κ1) is 18.0. The third-order valence-corrected chi connectivity index (χ3v) is 4.64. The number of rotatable bonds is 5. The smallest absolute Gasteiger partial charge is 0.357 e. The Morgan fingerprint density at radius 3 is 2.12 bits per heavy atom. The zero-order chi connectivity index (χ0) is 18.1. The number of carbonyl (C=O) groups excluding carboxylic acids is 1. The number of hydrogen-bond acceptors (Lipinski definition) is 5. The quantitative estimate of drug-likeness (QED) is 0.410. The number of carbonyl (C=O) groups is 1. The van der Waals surface area contributed by atoms with Crippen molar-refractivity contribution >= 4 is 18.7 Å². The Morgan fingerprint density at radius 2 is 1.62 bits per heavy atom. The van der Waals surface area contributed by atoms with Gasteiger partial charge in [-0.1, -0.05) is 19.1 Å². The molecule has 1 unspecified atom stereocenters. The molecule has 0 amide bonds. The summed E-state index contributed by atoms with van der Waals surface area (Å²) < 4.78 is 11.6. The summed E-state index contributed by atoms with van der Waals surface area (Å²) in [6.07, 6.45) is 0.310. The third-order valence-electron chi connectivity index (χ3n) is 3.66. The van der Waals surface area contributed by atoms with E-state index in [0.717, 1.165) is 12.1 Å². The molecule has 0 aliphatic rings. The third kappa shape index (κ3) is 3.59. The molecular formula is C16H17O7P. The summed E-state index contributed by atoms with van der Waals surface area (Å²) in [6.45, 7) is 1.71. The maximum atomic E-state index is 12.8. The largest absolute Gasteiger partial charge is 0.508 e. The van der Waals surface area contributed by atoms with Crippen LogP contribution in [-0.2, 0) is 4.57 Å². The maximum absolute atomic E-state index is 12.8. The molecule has 0 radical (unpaired) electrons. The zero-order valence-corrected chi connectivity index (χ0v) is 13.6. The molecule has 8 heteroatoms. The highest BCUT2D eigenvalue weighted by atomic mass is 31.2. The lowest BCUT2D eigenvalue weighted by molar-refractivity contribution is 0.0955. The lowest BCUT2D eigenvalue weighted by Crippen LogP contribution is -2.21. The van der Waals surface area contributed by atoms with E-state index in [0.29, 0.717) is 12.0 Å². The standard InChI is InChI=1S/C16H17O7P/c1-2-12(9-3-5-10(17)6-4-9)16(20)15-13(19)7-11(18)8-14(15)24(21,22)23/h3-8,12,17-19H,2H2,1H3,(H2,21,22,23). The van der Waals surface area contributed by atoms with Crippen molar-refractivity contribution in [2.75, 3.05) is 0 Å². The van der Waals surface area contributed by atoms with Gasteiger partial charge >= 0.3 is 7.60 Å². The highest BCUT2D eigenvalue weighted by Crippen LogP contribution is 2.40. The first-order valence-electron chi connectivity index (χ1n) is 7.10. The first-order chi connectivity index (χ1) is 11.1. The van der Waals surface area contributed by atoms with Gasteiger partial charge in [0.05, 0.1) is 10.9 Å². The first-order valence-corrected chi connectivity index (χ1v) is 8.71. The Kier molecular flexibility index (Phi) is 4.99. The summed E-state index contributed by atoms with van der Waals surface area (Å²) in [5.41, 5.74) is 0.0190. The molecular weight excluding hydrogens is 335 g/mol. The van der Waals surface area contributed by atoms with Crippen molar-refractivity contribution < 1.29 is 34.5 Å². The highest BCUT2D eigenvalue weighted by Gasteiger charge is 2.32. The molecule has 2 rings (SSSR count). The molecule has 0 aromatic heterocycles. The average Bonchev–Trinajstić information content (AvgIpc) is 2.48. The number of hydrogen-bond donors (Lipinski definition) is 5. The van der Waals surface area contributed by atoms with E-state index in [1.807, 2.05) is 0 Å². The van der Waals surface area contributed by atoms with Crippen molar-refractivity contribution in [1.82, 2.24) is 0 Å². The number of ketones is 1. The summed E-state index contributed by atoms with van der Waals surface area (Å²) in [6, 6.07) is 7.47. The van der Waals surface area contributed by atoms with Gasteiger partial charge in [-0.05, 0) is 30.2 Å². The van der Waals surface area contributed by atoms with Crippen LogP contribution in [0.4, 0.5) is 0 Å². The van der Waals surface area contributed by atoms with E-state index >= 15 is 0 Å². The lowest BCUT2D eigenvalue weighted by atomic mass is 9.88. The molecule has 0 fully saturated rings. The van der Waals surface area contributed by atoms with E-state index in [-0.39, 0.29) is 5.75 Å². The Balaban J connectivity index is 2.59. The predicted molar refractivity (Wildman–Crippen MR) is 86.9 cm³/mol. The summed E-state index contributed by atoms with van der Waals surface area (Å²) in [7, 11) is -4.89. The van der Waals surface area contributed by atoms with E-state index in [1.165, 1.54) is 24.3 Å². The van der Waals surface area contributed by atoms with E-state index in [4.69, 9.17) is 0 Å². The van der Waals surface area contributed by atoms with Gasteiger partial charge in [0.2, 0.25) is 0 Å².